The molecule has 0 aliphatic carbocycles. The molecule has 2 saturated heterocycles. The molecule has 1 atom stereocenters. The van der Waals surface area contributed by atoms with E-state index < -0.39 is 0 Å². The molecule has 8 heteroatoms. The molecule has 3 rings (SSSR count). The molecule has 0 radical (unpaired) electrons. The van der Waals surface area contributed by atoms with Crippen LogP contribution in [0.15, 0.2) is 22.5 Å². The Balaban J connectivity index is 0.00000320. The highest BCUT2D eigenvalue weighted by Crippen LogP contribution is 2.30. The van der Waals surface area contributed by atoms with Gasteiger partial charge in [0.1, 0.15) is 0 Å². The Morgan fingerprint density at radius 1 is 1.27 bits per heavy atom. The number of hydrogen-bond acceptors (Lipinski definition) is 5. The topological polar surface area (TPSA) is 57.2 Å². The minimum atomic E-state index is -0.0799. The van der Waals surface area contributed by atoms with Gasteiger partial charge >= 0.3 is 5.97 Å². The van der Waals surface area contributed by atoms with E-state index in [2.05, 4.69) is 46.5 Å². The van der Waals surface area contributed by atoms with Crippen LogP contribution < -0.4 is 5.32 Å². The summed E-state index contributed by atoms with van der Waals surface area (Å²) in [5.41, 5.74) is 0. The van der Waals surface area contributed by atoms with Crippen molar-refractivity contribution in [1.29, 1.82) is 0 Å². The number of hydrogen-bond donors (Lipinski definition) is 1. The van der Waals surface area contributed by atoms with Crippen LogP contribution in [0.5, 0.6) is 0 Å². The maximum absolute atomic E-state index is 11.8. The first-order valence-corrected chi connectivity index (χ1v) is 11.9. The molecular formula is C22H37IN4O2S. The summed E-state index contributed by atoms with van der Waals surface area (Å²) in [7, 11) is 1.48. The lowest BCUT2D eigenvalue weighted by atomic mass is 9.97. The van der Waals surface area contributed by atoms with Crippen molar-refractivity contribution in [1.82, 2.24) is 15.1 Å². The highest BCUT2D eigenvalue weighted by Gasteiger charge is 2.28. The third-order valence-electron chi connectivity index (χ3n) is 6.21. The molecule has 0 saturated carbocycles. The molecule has 1 aromatic heterocycles. The third kappa shape index (κ3) is 6.82. The monoisotopic (exact) mass is 548 g/mol. The van der Waals surface area contributed by atoms with Gasteiger partial charge in [-0.1, -0.05) is 13.0 Å². The standard InChI is InChI=1S/C22H36N4O2S.HI/c1-4-23-22(26-13-9-18(10-14-26)21(27)28-3)24-16-19(20-6-5-15-29-20)25-11-7-17(2)8-12-25;/h5-6,15,17-19H,4,7-14,16H2,1-3H3,(H,23,24);1H. The van der Waals surface area contributed by atoms with E-state index in [1.165, 1.54) is 24.8 Å². The summed E-state index contributed by atoms with van der Waals surface area (Å²) in [5, 5.41) is 5.63. The Morgan fingerprint density at radius 2 is 1.97 bits per heavy atom. The van der Waals surface area contributed by atoms with E-state index in [9.17, 15) is 4.79 Å². The van der Waals surface area contributed by atoms with E-state index in [0.717, 1.165) is 64.0 Å². The first kappa shape index (κ1) is 25.4. The van der Waals surface area contributed by atoms with Gasteiger partial charge in [0.2, 0.25) is 0 Å². The van der Waals surface area contributed by atoms with Crippen LogP contribution in [0, 0.1) is 11.8 Å². The maximum Gasteiger partial charge on any atom is 0.308 e. The molecule has 6 nitrogen and oxygen atoms in total. The number of guanidine groups is 1. The van der Waals surface area contributed by atoms with Crippen molar-refractivity contribution in [3.05, 3.63) is 22.4 Å². The zero-order chi connectivity index (χ0) is 20.6. The molecule has 0 bridgehead atoms. The molecule has 1 N–H and O–H groups in total. The van der Waals surface area contributed by atoms with Crippen molar-refractivity contribution in [2.24, 2.45) is 16.8 Å². The Hall–Kier alpha value is -0.870. The van der Waals surface area contributed by atoms with Gasteiger partial charge < -0.3 is 15.0 Å². The number of aliphatic imine (C=N–C) groups is 1. The largest absolute Gasteiger partial charge is 0.469 e. The number of carbonyl (C=O) groups excluding carboxylic acids is 1. The van der Waals surface area contributed by atoms with E-state index >= 15 is 0 Å². The van der Waals surface area contributed by atoms with Gasteiger partial charge in [-0.2, -0.15) is 0 Å². The van der Waals surface area contributed by atoms with Gasteiger partial charge in [-0.3, -0.25) is 14.7 Å². The van der Waals surface area contributed by atoms with Gasteiger partial charge in [-0.25, -0.2) is 0 Å². The van der Waals surface area contributed by atoms with E-state index in [4.69, 9.17) is 9.73 Å². The van der Waals surface area contributed by atoms with Crippen LogP contribution in [0.4, 0.5) is 0 Å². The number of esters is 1. The van der Waals surface area contributed by atoms with E-state index in [1.807, 2.05) is 11.3 Å². The zero-order valence-electron chi connectivity index (χ0n) is 18.5. The summed E-state index contributed by atoms with van der Waals surface area (Å²) < 4.78 is 4.92. The SMILES string of the molecule is CCNC(=NCC(c1cccs1)N1CCC(C)CC1)N1CCC(C(=O)OC)CC1.I. The maximum atomic E-state index is 11.8. The van der Waals surface area contributed by atoms with Crippen LogP contribution in [-0.4, -0.2) is 68.1 Å². The number of thiophene rings is 1. The first-order valence-electron chi connectivity index (χ1n) is 11.0. The molecular weight excluding hydrogens is 511 g/mol. The molecule has 0 amide bonds. The Kier molecular flexibility index (Phi) is 10.9. The predicted octanol–water partition coefficient (Wildman–Crippen LogP) is 3.99. The molecule has 170 valence electrons. The molecule has 2 aliphatic rings. The second-order valence-electron chi connectivity index (χ2n) is 8.23. The second kappa shape index (κ2) is 12.9. The van der Waals surface area contributed by atoms with Gasteiger partial charge in [-0.15, -0.1) is 35.3 Å². The van der Waals surface area contributed by atoms with Crippen molar-refractivity contribution in [2.75, 3.05) is 46.4 Å². The van der Waals surface area contributed by atoms with E-state index in [0.29, 0.717) is 6.04 Å². The Labute approximate surface area is 202 Å². The van der Waals surface area contributed by atoms with Crippen molar-refractivity contribution in [3.63, 3.8) is 0 Å². The number of carbonyl (C=O) groups is 1. The third-order valence-corrected chi connectivity index (χ3v) is 7.18. The van der Waals surface area contributed by atoms with Crippen LogP contribution in [0.2, 0.25) is 0 Å². The second-order valence-corrected chi connectivity index (χ2v) is 9.21. The Bertz CT molecular complexity index is 654. The fourth-order valence-electron chi connectivity index (χ4n) is 4.30. The lowest BCUT2D eigenvalue weighted by molar-refractivity contribution is -0.146. The van der Waals surface area contributed by atoms with Crippen molar-refractivity contribution >= 4 is 47.2 Å². The molecule has 0 spiro atoms. The average Bonchev–Trinajstić information content (AvgIpc) is 3.28. The van der Waals surface area contributed by atoms with Crippen LogP contribution in [-0.2, 0) is 9.53 Å². The summed E-state index contributed by atoms with van der Waals surface area (Å²) in [6, 6.07) is 4.74. The molecule has 1 unspecified atom stereocenters. The number of ether oxygens (including phenoxy) is 1. The number of methoxy groups -OCH3 is 1. The van der Waals surface area contributed by atoms with Crippen LogP contribution in [0.25, 0.3) is 0 Å². The molecule has 3 heterocycles. The quantitative estimate of drug-likeness (QED) is 0.252. The highest BCUT2D eigenvalue weighted by atomic mass is 127. The lowest BCUT2D eigenvalue weighted by Gasteiger charge is -2.36. The van der Waals surface area contributed by atoms with E-state index in [1.54, 1.807) is 0 Å². The molecule has 0 aromatic carbocycles. The van der Waals surface area contributed by atoms with Crippen molar-refractivity contribution < 1.29 is 9.53 Å². The first-order chi connectivity index (χ1) is 14.1. The lowest BCUT2D eigenvalue weighted by Crippen LogP contribution is -2.47. The van der Waals surface area contributed by atoms with Gasteiger partial charge in [-0.05, 0) is 63.1 Å². The van der Waals surface area contributed by atoms with Crippen LogP contribution >= 0.6 is 35.3 Å². The summed E-state index contributed by atoms with van der Waals surface area (Å²) >= 11 is 1.84. The van der Waals surface area contributed by atoms with Gasteiger partial charge in [0.05, 0.1) is 25.6 Å². The summed E-state index contributed by atoms with van der Waals surface area (Å²) in [4.78, 5) is 23.2. The molecule has 30 heavy (non-hydrogen) atoms. The fourth-order valence-corrected chi connectivity index (χ4v) is 5.15. The summed E-state index contributed by atoms with van der Waals surface area (Å²) in [5.74, 6) is 1.74. The number of piperidine rings is 2. The Morgan fingerprint density at radius 3 is 2.53 bits per heavy atom. The minimum absolute atomic E-state index is 0. The van der Waals surface area contributed by atoms with Gasteiger partial charge in [0.25, 0.3) is 0 Å². The molecule has 2 aliphatic heterocycles. The predicted molar refractivity (Wildman–Crippen MR) is 135 cm³/mol. The number of nitrogens with one attached hydrogen (secondary N) is 1. The highest BCUT2D eigenvalue weighted by molar-refractivity contribution is 14.0. The molecule has 1 aromatic rings. The van der Waals surface area contributed by atoms with Crippen molar-refractivity contribution in [3.8, 4) is 0 Å². The number of likely N-dealkylation sites (tertiary alicyclic amines) is 2. The summed E-state index contributed by atoms with van der Waals surface area (Å²) in [6.45, 7) is 10.1. The zero-order valence-corrected chi connectivity index (χ0v) is 21.7. The summed E-state index contributed by atoms with van der Waals surface area (Å²) in [6.07, 6.45) is 4.20. The number of halogens is 1. The average molecular weight is 549 g/mol. The number of rotatable bonds is 6. The van der Waals surface area contributed by atoms with E-state index in [-0.39, 0.29) is 35.9 Å². The number of nitrogens with zero attached hydrogens (tertiary/aromatic N) is 3. The van der Waals surface area contributed by atoms with Gasteiger partial charge in [0, 0.05) is 24.5 Å². The normalized spacial score (nSPS) is 20.5. The van der Waals surface area contributed by atoms with Crippen molar-refractivity contribution in [2.45, 2.75) is 45.6 Å². The molecule has 2 fully saturated rings. The van der Waals surface area contributed by atoms with Crippen LogP contribution in [0.1, 0.15) is 50.4 Å². The van der Waals surface area contributed by atoms with Gasteiger partial charge in [0.15, 0.2) is 5.96 Å². The smallest absolute Gasteiger partial charge is 0.308 e. The minimum Gasteiger partial charge on any atom is -0.469 e. The fraction of sp³-hybridized carbons (Fsp3) is 0.727. The van der Waals surface area contributed by atoms with Crippen LogP contribution in [0.3, 0.4) is 0 Å².